The van der Waals surface area contributed by atoms with Crippen molar-refractivity contribution in [1.82, 2.24) is 5.32 Å². The van der Waals surface area contributed by atoms with Gasteiger partial charge in [0.05, 0.1) is 13.7 Å². The van der Waals surface area contributed by atoms with Gasteiger partial charge >= 0.3 is 0 Å². The highest BCUT2D eigenvalue weighted by Gasteiger charge is 2.21. The van der Waals surface area contributed by atoms with Gasteiger partial charge in [0, 0.05) is 18.2 Å². The molecule has 0 heterocycles. The molecule has 0 saturated heterocycles. The van der Waals surface area contributed by atoms with E-state index < -0.39 is 0 Å². The van der Waals surface area contributed by atoms with Crippen LogP contribution < -0.4 is 14.8 Å². The van der Waals surface area contributed by atoms with E-state index in [2.05, 4.69) is 17.4 Å². The van der Waals surface area contributed by atoms with Gasteiger partial charge in [0.25, 0.3) is 0 Å². The lowest BCUT2D eigenvalue weighted by Crippen LogP contribution is -2.18. The molecule has 2 aliphatic carbocycles. The van der Waals surface area contributed by atoms with Crippen LogP contribution in [0.25, 0.3) is 0 Å². The maximum Gasteiger partial charge on any atom is 0.124 e. The second-order valence-electron chi connectivity index (χ2n) is 6.44. The second-order valence-corrected chi connectivity index (χ2v) is 6.44. The summed E-state index contributed by atoms with van der Waals surface area (Å²) in [5, 5.41) is 3.57. The average Bonchev–Trinajstić information content (AvgIpc) is 3.36. The van der Waals surface area contributed by atoms with E-state index in [1.54, 1.807) is 7.11 Å². The number of methoxy groups -OCH3 is 1. The zero-order valence-corrected chi connectivity index (χ0v) is 13.1. The molecule has 2 aliphatic rings. The molecule has 0 unspecified atom stereocenters. The van der Waals surface area contributed by atoms with Crippen LogP contribution in [0, 0.1) is 5.92 Å². The van der Waals surface area contributed by atoms with Gasteiger partial charge < -0.3 is 14.8 Å². The molecule has 2 saturated carbocycles. The van der Waals surface area contributed by atoms with E-state index in [0.29, 0.717) is 6.04 Å². The fourth-order valence-corrected chi connectivity index (χ4v) is 3.06. The first-order chi connectivity index (χ1) is 10.3. The lowest BCUT2D eigenvalue weighted by molar-refractivity contribution is 0.207. The summed E-state index contributed by atoms with van der Waals surface area (Å²) in [6, 6.07) is 6.87. The van der Waals surface area contributed by atoms with Crippen LogP contribution in [0.1, 0.15) is 50.5 Å². The van der Waals surface area contributed by atoms with E-state index in [1.165, 1.54) is 50.5 Å². The number of hydrogen-bond donors (Lipinski definition) is 1. The van der Waals surface area contributed by atoms with Crippen molar-refractivity contribution in [3.63, 3.8) is 0 Å². The first kappa shape index (κ1) is 14.7. The molecular weight excluding hydrogens is 262 g/mol. The minimum Gasteiger partial charge on any atom is -0.497 e. The van der Waals surface area contributed by atoms with Crippen LogP contribution in [-0.4, -0.2) is 19.8 Å². The molecule has 1 aromatic rings. The van der Waals surface area contributed by atoms with Gasteiger partial charge in [-0.15, -0.1) is 0 Å². The van der Waals surface area contributed by atoms with Crippen molar-refractivity contribution in [2.45, 2.75) is 57.5 Å². The van der Waals surface area contributed by atoms with Crippen molar-refractivity contribution in [2.75, 3.05) is 13.7 Å². The Morgan fingerprint density at radius 1 is 1.10 bits per heavy atom. The fourth-order valence-electron chi connectivity index (χ4n) is 3.06. The smallest absolute Gasteiger partial charge is 0.124 e. The van der Waals surface area contributed by atoms with E-state index in [4.69, 9.17) is 9.47 Å². The number of ether oxygens (including phenoxy) is 2. The molecule has 3 heteroatoms. The monoisotopic (exact) mass is 289 g/mol. The zero-order valence-electron chi connectivity index (χ0n) is 13.1. The minimum atomic E-state index is 0.711. The fraction of sp³-hybridized carbons (Fsp3) is 0.667. The SMILES string of the molecule is COc1ccc(OCC2CCCCC2)c(CNC2CC2)c1. The maximum absolute atomic E-state index is 6.13. The summed E-state index contributed by atoms with van der Waals surface area (Å²) in [6.45, 7) is 1.74. The summed E-state index contributed by atoms with van der Waals surface area (Å²) in [4.78, 5) is 0. The summed E-state index contributed by atoms with van der Waals surface area (Å²) < 4.78 is 11.5. The van der Waals surface area contributed by atoms with Gasteiger partial charge in [-0.3, -0.25) is 0 Å². The molecule has 1 aromatic carbocycles. The summed E-state index contributed by atoms with van der Waals surface area (Å²) in [6.07, 6.45) is 9.40. The van der Waals surface area contributed by atoms with Gasteiger partial charge in [0.2, 0.25) is 0 Å². The second kappa shape index (κ2) is 7.17. The Hall–Kier alpha value is -1.22. The molecule has 0 amide bonds. The number of nitrogens with one attached hydrogen (secondary N) is 1. The molecule has 116 valence electrons. The van der Waals surface area contributed by atoms with Crippen molar-refractivity contribution in [1.29, 1.82) is 0 Å². The molecule has 1 N–H and O–H groups in total. The summed E-state index contributed by atoms with van der Waals surface area (Å²) in [7, 11) is 1.72. The third-order valence-electron chi connectivity index (χ3n) is 4.63. The Bertz CT molecular complexity index is 451. The third kappa shape index (κ3) is 4.37. The number of benzene rings is 1. The largest absolute Gasteiger partial charge is 0.497 e. The molecule has 21 heavy (non-hydrogen) atoms. The molecular formula is C18H27NO2. The Labute approximate surface area is 128 Å². The molecule has 0 aromatic heterocycles. The van der Waals surface area contributed by atoms with E-state index in [-0.39, 0.29) is 0 Å². The van der Waals surface area contributed by atoms with Gasteiger partial charge in [-0.1, -0.05) is 19.3 Å². The van der Waals surface area contributed by atoms with Gasteiger partial charge in [-0.25, -0.2) is 0 Å². The van der Waals surface area contributed by atoms with Gasteiger partial charge in [-0.05, 0) is 49.8 Å². The quantitative estimate of drug-likeness (QED) is 0.825. The molecule has 0 aliphatic heterocycles. The Kier molecular flexibility index (Phi) is 5.02. The molecule has 0 atom stereocenters. The average molecular weight is 289 g/mol. The first-order valence-corrected chi connectivity index (χ1v) is 8.38. The van der Waals surface area contributed by atoms with Crippen molar-refractivity contribution >= 4 is 0 Å². The van der Waals surface area contributed by atoms with Crippen LogP contribution in [0.3, 0.4) is 0 Å². The van der Waals surface area contributed by atoms with Crippen LogP contribution in [0.5, 0.6) is 11.5 Å². The molecule has 3 nitrogen and oxygen atoms in total. The van der Waals surface area contributed by atoms with Crippen LogP contribution in [0.4, 0.5) is 0 Å². The summed E-state index contributed by atoms with van der Waals surface area (Å²) in [5.74, 6) is 2.67. The topological polar surface area (TPSA) is 30.5 Å². The normalized spacial score (nSPS) is 19.5. The molecule has 0 radical (unpaired) electrons. The molecule has 0 bridgehead atoms. The number of rotatable bonds is 7. The van der Waals surface area contributed by atoms with Crippen molar-refractivity contribution in [3.8, 4) is 11.5 Å². The Morgan fingerprint density at radius 3 is 2.62 bits per heavy atom. The molecule has 2 fully saturated rings. The summed E-state index contributed by atoms with van der Waals surface area (Å²) in [5.41, 5.74) is 1.22. The van der Waals surface area contributed by atoms with E-state index >= 15 is 0 Å². The standard InChI is InChI=1S/C18H27NO2/c1-20-17-9-10-18(15(11-17)12-19-16-7-8-16)21-13-14-5-3-2-4-6-14/h9-11,14,16,19H,2-8,12-13H2,1H3. The first-order valence-electron chi connectivity index (χ1n) is 8.38. The van der Waals surface area contributed by atoms with Gasteiger partial charge in [0.1, 0.15) is 11.5 Å². The van der Waals surface area contributed by atoms with Gasteiger partial charge in [0.15, 0.2) is 0 Å². The van der Waals surface area contributed by atoms with E-state index in [1.807, 2.05) is 6.07 Å². The van der Waals surface area contributed by atoms with Crippen molar-refractivity contribution in [3.05, 3.63) is 23.8 Å². The predicted molar refractivity (Wildman–Crippen MR) is 84.9 cm³/mol. The zero-order chi connectivity index (χ0) is 14.5. The molecule has 3 rings (SSSR count). The van der Waals surface area contributed by atoms with Crippen LogP contribution >= 0.6 is 0 Å². The minimum absolute atomic E-state index is 0.711. The van der Waals surface area contributed by atoms with Crippen LogP contribution in [0.15, 0.2) is 18.2 Å². The highest BCUT2D eigenvalue weighted by molar-refractivity contribution is 5.40. The van der Waals surface area contributed by atoms with Crippen LogP contribution in [0.2, 0.25) is 0 Å². The predicted octanol–water partition coefficient (Wildman–Crippen LogP) is 3.91. The third-order valence-corrected chi connectivity index (χ3v) is 4.63. The molecule has 0 spiro atoms. The van der Waals surface area contributed by atoms with E-state index in [0.717, 1.165) is 30.6 Å². The Morgan fingerprint density at radius 2 is 1.90 bits per heavy atom. The van der Waals surface area contributed by atoms with Crippen LogP contribution in [-0.2, 0) is 6.54 Å². The van der Waals surface area contributed by atoms with Crippen molar-refractivity contribution in [2.24, 2.45) is 5.92 Å². The lowest BCUT2D eigenvalue weighted by atomic mass is 9.90. The maximum atomic E-state index is 6.13. The summed E-state index contributed by atoms with van der Waals surface area (Å²) >= 11 is 0. The highest BCUT2D eigenvalue weighted by Crippen LogP contribution is 2.29. The number of hydrogen-bond acceptors (Lipinski definition) is 3. The highest BCUT2D eigenvalue weighted by atomic mass is 16.5. The van der Waals surface area contributed by atoms with E-state index in [9.17, 15) is 0 Å². The Balaban J connectivity index is 1.60. The van der Waals surface area contributed by atoms with Crippen molar-refractivity contribution < 1.29 is 9.47 Å². The lowest BCUT2D eigenvalue weighted by Gasteiger charge is -2.22. The van der Waals surface area contributed by atoms with Gasteiger partial charge in [-0.2, -0.15) is 0 Å².